The zero-order valence-corrected chi connectivity index (χ0v) is 49.0. The van der Waals surface area contributed by atoms with E-state index < -0.39 is 5.41 Å². The minimum atomic E-state index is -0.668. The third-order valence-corrected chi connectivity index (χ3v) is 20.4. The number of hydrogen-bond acceptors (Lipinski definition) is 4. The minimum absolute atomic E-state index is 0.668. The maximum atomic E-state index is 6.73. The number of rotatable bonds is 8. The molecule has 19 rings (SSSR count). The molecule has 0 fully saturated rings. The van der Waals surface area contributed by atoms with E-state index in [1.165, 1.54) is 114 Å². The van der Waals surface area contributed by atoms with Crippen molar-refractivity contribution in [1.82, 2.24) is 0 Å². The van der Waals surface area contributed by atoms with Crippen LogP contribution in [0.1, 0.15) is 22.3 Å². The van der Waals surface area contributed by atoms with E-state index in [1.54, 1.807) is 0 Å². The SMILES string of the molecule is c1ccc(N(c2cccc(-c3ccc4c5c(c6ccccc6c4c3)-c3c(cc(-c4cccc(N(c6ccccc6)c6cccc7c6sc6ccccc67)c4)c4ccccc34)C53c4ccccc4-c4ccccc43)c2)c2cccc3c2oc2ccccc23)cc1. The maximum absolute atomic E-state index is 6.73. The van der Waals surface area contributed by atoms with E-state index in [-0.39, 0.29) is 0 Å². The van der Waals surface area contributed by atoms with E-state index >= 15 is 0 Å². The molecule has 414 valence electrons. The first-order valence-electron chi connectivity index (χ1n) is 30.6. The highest BCUT2D eigenvalue weighted by Gasteiger charge is 2.54. The number of anilines is 6. The fourth-order valence-corrected chi connectivity index (χ4v) is 16.8. The minimum Gasteiger partial charge on any atom is -0.454 e. The van der Waals surface area contributed by atoms with Gasteiger partial charge in [0.25, 0.3) is 0 Å². The molecule has 0 aliphatic heterocycles. The van der Waals surface area contributed by atoms with Gasteiger partial charge in [-0.3, -0.25) is 0 Å². The van der Waals surface area contributed by atoms with E-state index in [9.17, 15) is 0 Å². The average Bonchev–Trinajstić information content (AvgIpc) is 1.49. The van der Waals surface area contributed by atoms with Gasteiger partial charge in [0.2, 0.25) is 0 Å². The summed E-state index contributed by atoms with van der Waals surface area (Å²) in [4.78, 5) is 4.80. The van der Waals surface area contributed by atoms with Gasteiger partial charge in [0.05, 0.1) is 21.5 Å². The Morgan fingerprint density at radius 2 is 0.798 bits per heavy atom. The lowest BCUT2D eigenvalue weighted by atomic mass is 9.68. The summed E-state index contributed by atoms with van der Waals surface area (Å²) in [6, 6.07) is 117. The van der Waals surface area contributed by atoms with Crippen LogP contribution in [0.4, 0.5) is 34.1 Å². The summed E-state index contributed by atoms with van der Waals surface area (Å²) >= 11 is 1.87. The Morgan fingerprint density at radius 3 is 1.53 bits per heavy atom. The van der Waals surface area contributed by atoms with Crippen molar-refractivity contribution in [2.24, 2.45) is 0 Å². The molecule has 0 bridgehead atoms. The standard InChI is InChI=1S/C85H52N2OS/c1-3-25-56(26-4-1)86(76-43-21-39-69-64-35-13-17-45-78(64)88-83(69)76)58-29-19-23-53(49-58)54-47-48-68-72(51-54)61-32-8-10-38-67(61)81-80-66-37-9-7-31-60(66)71(52-75(80)85(82(68)81)73-41-15-11-33-62(73)63-34-12-16-42-74(63)85)55-24-20-30-59(50-55)87(57-27-5-2-6-28-57)77-44-22-40-70-65-36-14-18-46-79(65)89-84(70)77/h1-52H. The second-order valence-corrected chi connectivity index (χ2v) is 24.8. The quantitative estimate of drug-likeness (QED) is 0.141. The van der Waals surface area contributed by atoms with E-state index in [0.717, 1.165) is 61.5 Å². The van der Waals surface area contributed by atoms with Gasteiger partial charge in [-0.15, -0.1) is 11.3 Å². The number of hydrogen-bond donors (Lipinski definition) is 0. The molecule has 17 aromatic rings. The topological polar surface area (TPSA) is 19.6 Å². The summed E-state index contributed by atoms with van der Waals surface area (Å²) in [5, 5.41) is 12.2. The highest BCUT2D eigenvalue weighted by Crippen LogP contribution is 2.67. The van der Waals surface area contributed by atoms with Crippen LogP contribution in [-0.2, 0) is 5.41 Å². The summed E-state index contributed by atoms with van der Waals surface area (Å²) in [6.07, 6.45) is 0. The Hall–Kier alpha value is -11.3. The van der Waals surface area contributed by atoms with Crippen LogP contribution < -0.4 is 9.80 Å². The average molecular weight is 1150 g/mol. The molecule has 2 aliphatic rings. The smallest absolute Gasteiger partial charge is 0.159 e. The van der Waals surface area contributed by atoms with Crippen molar-refractivity contribution in [2.75, 3.05) is 9.80 Å². The lowest BCUT2D eigenvalue weighted by Crippen LogP contribution is -2.26. The van der Waals surface area contributed by atoms with Gasteiger partial charge in [-0.25, -0.2) is 0 Å². The second kappa shape index (κ2) is 19.4. The summed E-state index contributed by atoms with van der Waals surface area (Å²) < 4.78 is 9.29. The van der Waals surface area contributed by atoms with Gasteiger partial charge in [0.1, 0.15) is 5.58 Å². The molecule has 0 saturated carbocycles. The van der Waals surface area contributed by atoms with Crippen molar-refractivity contribution in [3.05, 3.63) is 338 Å². The van der Waals surface area contributed by atoms with E-state index in [2.05, 4.69) is 319 Å². The number of benzene rings is 15. The first-order chi connectivity index (χ1) is 44.2. The maximum Gasteiger partial charge on any atom is 0.159 e. The van der Waals surface area contributed by atoms with Gasteiger partial charge >= 0.3 is 0 Å². The molecule has 0 saturated heterocycles. The molecule has 0 unspecified atom stereocenters. The van der Waals surface area contributed by atoms with E-state index in [0.29, 0.717) is 0 Å². The monoisotopic (exact) mass is 1150 g/mol. The van der Waals surface area contributed by atoms with Crippen molar-refractivity contribution < 1.29 is 4.42 Å². The van der Waals surface area contributed by atoms with Gasteiger partial charge in [-0.2, -0.15) is 0 Å². The molecule has 1 spiro atoms. The van der Waals surface area contributed by atoms with Crippen molar-refractivity contribution in [2.45, 2.75) is 5.41 Å². The largest absolute Gasteiger partial charge is 0.454 e. The molecule has 15 aromatic carbocycles. The highest BCUT2D eigenvalue weighted by molar-refractivity contribution is 7.26. The van der Waals surface area contributed by atoms with Crippen LogP contribution >= 0.6 is 11.3 Å². The van der Waals surface area contributed by atoms with Gasteiger partial charge < -0.3 is 14.2 Å². The van der Waals surface area contributed by atoms with Crippen LogP contribution in [-0.4, -0.2) is 0 Å². The first kappa shape index (κ1) is 49.9. The van der Waals surface area contributed by atoms with Crippen LogP contribution in [0, 0.1) is 0 Å². The molecule has 2 aromatic heterocycles. The molecule has 0 amide bonds. The number of para-hydroxylation sites is 4. The number of thiophene rings is 1. The number of furan rings is 1. The van der Waals surface area contributed by atoms with Crippen LogP contribution in [0.3, 0.4) is 0 Å². The molecule has 89 heavy (non-hydrogen) atoms. The number of nitrogens with zero attached hydrogens (tertiary/aromatic N) is 2. The Morgan fingerprint density at radius 1 is 0.281 bits per heavy atom. The molecule has 0 atom stereocenters. The molecule has 2 aliphatic carbocycles. The zero-order valence-electron chi connectivity index (χ0n) is 48.2. The molecule has 2 heterocycles. The van der Waals surface area contributed by atoms with E-state index in [4.69, 9.17) is 4.42 Å². The fourth-order valence-electron chi connectivity index (χ4n) is 15.6. The van der Waals surface area contributed by atoms with Crippen LogP contribution in [0.5, 0.6) is 0 Å². The van der Waals surface area contributed by atoms with Gasteiger partial charge in [-0.05, 0) is 184 Å². The predicted octanol–water partition coefficient (Wildman–Crippen LogP) is 24.0. The summed E-state index contributed by atoms with van der Waals surface area (Å²) in [7, 11) is 0. The highest BCUT2D eigenvalue weighted by atomic mass is 32.1. The van der Waals surface area contributed by atoms with Crippen molar-refractivity contribution in [3.63, 3.8) is 0 Å². The van der Waals surface area contributed by atoms with Crippen molar-refractivity contribution >= 4 is 120 Å². The van der Waals surface area contributed by atoms with Crippen molar-refractivity contribution in [3.8, 4) is 44.5 Å². The van der Waals surface area contributed by atoms with Gasteiger partial charge in [0, 0.05) is 49.0 Å². The number of fused-ring (bicyclic) bond motifs is 23. The van der Waals surface area contributed by atoms with Crippen LogP contribution in [0.2, 0.25) is 0 Å². The van der Waals surface area contributed by atoms with Crippen molar-refractivity contribution in [1.29, 1.82) is 0 Å². The first-order valence-corrected chi connectivity index (χ1v) is 31.5. The molecule has 4 heteroatoms. The Bertz CT molecular complexity index is 5730. The van der Waals surface area contributed by atoms with Gasteiger partial charge in [-0.1, -0.05) is 231 Å². The lowest BCUT2D eigenvalue weighted by molar-refractivity contribution is 0.669. The van der Waals surface area contributed by atoms with E-state index in [1.807, 2.05) is 17.4 Å². The third-order valence-electron chi connectivity index (χ3n) is 19.2. The summed E-state index contributed by atoms with van der Waals surface area (Å²) in [5.41, 5.74) is 22.7. The molecular formula is C85H52N2OS. The van der Waals surface area contributed by atoms with Crippen LogP contribution in [0.25, 0.3) is 119 Å². The Kier molecular flexibility index (Phi) is 10.9. The van der Waals surface area contributed by atoms with Gasteiger partial charge in [0.15, 0.2) is 5.58 Å². The van der Waals surface area contributed by atoms with Crippen LogP contribution in [0.15, 0.2) is 320 Å². The molecular weight excluding hydrogens is 1100 g/mol. The summed E-state index contributed by atoms with van der Waals surface area (Å²) in [6.45, 7) is 0. The summed E-state index contributed by atoms with van der Waals surface area (Å²) in [5.74, 6) is 0. The normalized spacial score (nSPS) is 12.8. The predicted molar refractivity (Wildman–Crippen MR) is 376 cm³/mol. The molecule has 0 N–H and O–H groups in total. The molecule has 3 nitrogen and oxygen atoms in total. The Labute approximate surface area is 518 Å². The second-order valence-electron chi connectivity index (χ2n) is 23.7. The zero-order chi connectivity index (χ0) is 58.3. The lowest BCUT2D eigenvalue weighted by Gasteiger charge is -2.32. The molecule has 0 radical (unpaired) electrons. The Balaban J connectivity index is 0.839. The third kappa shape index (κ3) is 7.21. The fraction of sp³-hybridized carbons (Fsp3) is 0.0118.